The lowest BCUT2D eigenvalue weighted by molar-refractivity contribution is 0.554. The van der Waals surface area contributed by atoms with Crippen LogP contribution < -0.4 is 5.32 Å². The molecule has 0 aromatic rings. The molecule has 0 aliphatic rings. The summed E-state index contributed by atoms with van der Waals surface area (Å²) in [5.74, 6) is 1.23. The van der Waals surface area contributed by atoms with Gasteiger partial charge in [0.25, 0.3) is 0 Å². The van der Waals surface area contributed by atoms with E-state index in [0.29, 0.717) is 0 Å². The molecule has 0 bridgehead atoms. The molecule has 0 fully saturated rings. The number of aliphatic imine (C=N–C) groups is 1. The van der Waals surface area contributed by atoms with Crippen molar-refractivity contribution in [2.24, 2.45) is 4.99 Å². The minimum absolute atomic E-state index is 1.02. The van der Waals surface area contributed by atoms with Crippen LogP contribution >= 0.6 is 0 Å². The maximum Gasteiger partial charge on any atom is 0.0960 e. The molecule has 0 aromatic carbocycles. The number of amidine groups is 1. The lowest BCUT2D eigenvalue weighted by Gasteiger charge is -2.08. The lowest BCUT2D eigenvalue weighted by Crippen LogP contribution is -2.24. The van der Waals surface area contributed by atoms with Crippen LogP contribution in [0.5, 0.6) is 0 Å². The Morgan fingerprint density at radius 3 is 1.28 bits per heavy atom. The maximum absolute atomic E-state index is 4.80. The normalized spacial score (nSPS) is 11.9. The van der Waals surface area contributed by atoms with Gasteiger partial charge in [-0.15, -0.1) is 0 Å². The first-order valence-electron chi connectivity index (χ1n) is 13.6. The van der Waals surface area contributed by atoms with E-state index in [9.17, 15) is 0 Å². The molecule has 0 spiro atoms. The van der Waals surface area contributed by atoms with E-state index in [1.165, 1.54) is 134 Å². The van der Waals surface area contributed by atoms with Crippen LogP contribution in [0.1, 0.15) is 156 Å². The van der Waals surface area contributed by atoms with Crippen LogP contribution in [0.4, 0.5) is 0 Å². The Labute approximate surface area is 185 Å². The second-order valence-electron chi connectivity index (χ2n) is 8.97. The van der Waals surface area contributed by atoms with E-state index in [0.717, 1.165) is 19.5 Å². The monoisotopic (exact) mass is 408 g/mol. The molecule has 0 aliphatic heterocycles. The minimum Gasteiger partial charge on any atom is -0.374 e. The van der Waals surface area contributed by atoms with Crippen LogP contribution in [-0.4, -0.2) is 18.9 Å². The van der Waals surface area contributed by atoms with Crippen molar-refractivity contribution in [1.29, 1.82) is 0 Å². The first-order chi connectivity index (χ1) is 14.3. The van der Waals surface area contributed by atoms with Gasteiger partial charge >= 0.3 is 0 Å². The summed E-state index contributed by atoms with van der Waals surface area (Å²) < 4.78 is 0. The van der Waals surface area contributed by atoms with E-state index in [1.807, 2.05) is 0 Å². The molecule has 29 heavy (non-hydrogen) atoms. The predicted octanol–water partition coefficient (Wildman–Crippen LogP) is 9.23. The number of rotatable bonds is 23. The zero-order valence-electron chi connectivity index (χ0n) is 20.7. The van der Waals surface area contributed by atoms with Crippen LogP contribution in [0, 0.1) is 0 Å². The van der Waals surface area contributed by atoms with Gasteiger partial charge in [-0.3, -0.25) is 4.99 Å². The summed E-state index contributed by atoms with van der Waals surface area (Å²) in [6.45, 7) is 8.94. The van der Waals surface area contributed by atoms with E-state index in [-0.39, 0.29) is 0 Å². The second kappa shape index (κ2) is 25.5. The Hall–Kier alpha value is -0.530. The average Bonchev–Trinajstić information content (AvgIpc) is 2.74. The fraction of sp³-hybridized carbons (Fsp3) is 0.963. The highest BCUT2D eigenvalue weighted by molar-refractivity contribution is 5.81. The Balaban J connectivity index is 3.37. The Bertz CT molecular complexity index is 324. The van der Waals surface area contributed by atoms with Gasteiger partial charge in [0.05, 0.1) is 5.84 Å². The number of hydrogen-bond acceptors (Lipinski definition) is 1. The van der Waals surface area contributed by atoms with Crippen molar-refractivity contribution in [2.75, 3.05) is 13.1 Å². The van der Waals surface area contributed by atoms with Gasteiger partial charge in [0.15, 0.2) is 0 Å². The standard InChI is InChI=1S/C27H56N2/c1-4-7-9-11-13-15-17-19-21-23-25-28-27(6-3)29-26-24-22-20-18-16-14-12-10-8-5-2/h4-26H2,1-3H3,(H,28,29). The van der Waals surface area contributed by atoms with Gasteiger partial charge in [0.2, 0.25) is 0 Å². The summed E-state index contributed by atoms with van der Waals surface area (Å²) >= 11 is 0. The topological polar surface area (TPSA) is 24.4 Å². The van der Waals surface area contributed by atoms with E-state index in [2.05, 4.69) is 26.1 Å². The molecule has 174 valence electrons. The van der Waals surface area contributed by atoms with Crippen molar-refractivity contribution >= 4 is 5.84 Å². The zero-order chi connectivity index (χ0) is 21.3. The molecule has 0 rings (SSSR count). The molecule has 2 nitrogen and oxygen atoms in total. The largest absolute Gasteiger partial charge is 0.374 e. The molecular formula is C27H56N2. The lowest BCUT2D eigenvalue weighted by atomic mass is 10.1. The van der Waals surface area contributed by atoms with Gasteiger partial charge in [-0.25, -0.2) is 0 Å². The number of hydrogen-bond donors (Lipinski definition) is 1. The molecule has 0 atom stereocenters. The summed E-state index contributed by atoms with van der Waals surface area (Å²) in [7, 11) is 0. The molecule has 0 saturated heterocycles. The molecule has 0 aliphatic carbocycles. The first kappa shape index (κ1) is 28.5. The van der Waals surface area contributed by atoms with Crippen LogP contribution in [0.25, 0.3) is 0 Å². The zero-order valence-corrected chi connectivity index (χ0v) is 20.7. The van der Waals surface area contributed by atoms with Crippen LogP contribution in [0.2, 0.25) is 0 Å². The van der Waals surface area contributed by atoms with Crippen molar-refractivity contribution < 1.29 is 0 Å². The molecule has 0 saturated carbocycles. The van der Waals surface area contributed by atoms with E-state index in [4.69, 9.17) is 4.99 Å². The van der Waals surface area contributed by atoms with Crippen LogP contribution in [0.15, 0.2) is 4.99 Å². The van der Waals surface area contributed by atoms with Crippen molar-refractivity contribution in [1.82, 2.24) is 5.32 Å². The van der Waals surface area contributed by atoms with Gasteiger partial charge in [-0.05, 0) is 12.8 Å². The molecule has 0 radical (unpaired) electrons. The SMILES string of the molecule is CCCCCCCCCCCCN=C(CC)NCCCCCCCCCCCC. The maximum atomic E-state index is 4.80. The van der Waals surface area contributed by atoms with Crippen molar-refractivity contribution in [3.63, 3.8) is 0 Å². The van der Waals surface area contributed by atoms with Gasteiger partial charge < -0.3 is 5.32 Å². The highest BCUT2D eigenvalue weighted by atomic mass is 15.0. The fourth-order valence-electron chi connectivity index (χ4n) is 3.95. The fourth-order valence-corrected chi connectivity index (χ4v) is 3.95. The van der Waals surface area contributed by atoms with Crippen LogP contribution in [0.3, 0.4) is 0 Å². The molecule has 0 amide bonds. The van der Waals surface area contributed by atoms with Crippen molar-refractivity contribution in [2.45, 2.75) is 156 Å². The van der Waals surface area contributed by atoms with E-state index < -0.39 is 0 Å². The summed E-state index contributed by atoms with van der Waals surface area (Å²) in [6.07, 6.45) is 29.1. The van der Waals surface area contributed by atoms with Crippen LogP contribution in [-0.2, 0) is 0 Å². The molecule has 0 unspecified atom stereocenters. The van der Waals surface area contributed by atoms with Gasteiger partial charge in [0, 0.05) is 19.5 Å². The third-order valence-electron chi connectivity index (χ3n) is 6.01. The quantitative estimate of drug-likeness (QED) is 0.102. The van der Waals surface area contributed by atoms with Gasteiger partial charge in [-0.1, -0.05) is 136 Å². The third kappa shape index (κ3) is 23.6. The third-order valence-corrected chi connectivity index (χ3v) is 6.01. The second-order valence-corrected chi connectivity index (χ2v) is 8.97. The summed E-state index contributed by atoms with van der Waals surface area (Å²) in [6, 6.07) is 0. The van der Waals surface area contributed by atoms with E-state index in [1.54, 1.807) is 0 Å². The molecule has 1 N–H and O–H groups in total. The molecule has 0 heterocycles. The minimum atomic E-state index is 1.02. The Morgan fingerprint density at radius 2 is 0.862 bits per heavy atom. The highest BCUT2D eigenvalue weighted by Gasteiger charge is 1.97. The van der Waals surface area contributed by atoms with Gasteiger partial charge in [0.1, 0.15) is 0 Å². The van der Waals surface area contributed by atoms with Gasteiger partial charge in [-0.2, -0.15) is 0 Å². The Morgan fingerprint density at radius 1 is 0.483 bits per heavy atom. The number of nitrogens with zero attached hydrogens (tertiary/aromatic N) is 1. The number of nitrogens with one attached hydrogen (secondary N) is 1. The smallest absolute Gasteiger partial charge is 0.0960 e. The highest BCUT2D eigenvalue weighted by Crippen LogP contribution is 2.11. The first-order valence-corrected chi connectivity index (χ1v) is 13.6. The predicted molar refractivity (Wildman–Crippen MR) is 134 cm³/mol. The number of unbranched alkanes of at least 4 members (excludes halogenated alkanes) is 18. The van der Waals surface area contributed by atoms with Crippen molar-refractivity contribution in [3.8, 4) is 0 Å². The molecular weight excluding hydrogens is 352 g/mol. The summed E-state index contributed by atoms with van der Waals surface area (Å²) in [5, 5.41) is 3.58. The average molecular weight is 409 g/mol. The molecule has 2 heteroatoms. The van der Waals surface area contributed by atoms with Crippen molar-refractivity contribution in [3.05, 3.63) is 0 Å². The summed E-state index contributed by atoms with van der Waals surface area (Å²) in [4.78, 5) is 4.80. The van der Waals surface area contributed by atoms with E-state index >= 15 is 0 Å². The summed E-state index contributed by atoms with van der Waals surface area (Å²) in [5.41, 5.74) is 0. The molecule has 0 aromatic heterocycles. The Kier molecular flexibility index (Phi) is 25.0.